The second-order valence-corrected chi connectivity index (χ2v) is 8.47. The van der Waals surface area contributed by atoms with Gasteiger partial charge in [0.1, 0.15) is 18.3 Å². The lowest BCUT2D eigenvalue weighted by Gasteiger charge is -2.45. The minimum atomic E-state index is -0.550. The summed E-state index contributed by atoms with van der Waals surface area (Å²) in [7, 11) is 1.65. The quantitative estimate of drug-likeness (QED) is 0.375. The van der Waals surface area contributed by atoms with Crippen molar-refractivity contribution in [1.82, 2.24) is 0 Å². The number of rotatable bonds is 11. The Balaban J connectivity index is 1.56. The van der Waals surface area contributed by atoms with Gasteiger partial charge in [0.25, 0.3) is 0 Å². The molecular formula is C29H34O5. The predicted molar refractivity (Wildman–Crippen MR) is 131 cm³/mol. The van der Waals surface area contributed by atoms with Gasteiger partial charge in [-0.2, -0.15) is 0 Å². The molecular weight excluding hydrogens is 428 g/mol. The fourth-order valence-electron chi connectivity index (χ4n) is 4.26. The van der Waals surface area contributed by atoms with Crippen LogP contribution in [0.5, 0.6) is 0 Å². The van der Waals surface area contributed by atoms with Gasteiger partial charge in [-0.1, -0.05) is 97.9 Å². The van der Waals surface area contributed by atoms with Gasteiger partial charge in [0, 0.05) is 7.11 Å². The van der Waals surface area contributed by atoms with E-state index in [4.69, 9.17) is 23.7 Å². The SMILES string of the molecule is CC[C@H]1O[C@H](OC)[C@H](OCc2ccccc2)[C@@H](OCc2ccccc2)[C@H]1OCc1ccccc1. The zero-order valence-electron chi connectivity index (χ0n) is 19.9. The Bertz CT molecular complexity index is 893. The van der Waals surface area contributed by atoms with Crippen molar-refractivity contribution < 1.29 is 23.7 Å². The summed E-state index contributed by atoms with van der Waals surface area (Å²) >= 11 is 0. The number of hydrogen-bond acceptors (Lipinski definition) is 5. The van der Waals surface area contributed by atoms with Crippen LogP contribution in [-0.2, 0) is 43.5 Å². The Labute approximate surface area is 202 Å². The third kappa shape index (κ3) is 6.53. The summed E-state index contributed by atoms with van der Waals surface area (Å²) in [5, 5.41) is 0. The first-order valence-corrected chi connectivity index (χ1v) is 11.9. The molecule has 4 rings (SSSR count). The van der Waals surface area contributed by atoms with Gasteiger partial charge in [0.2, 0.25) is 0 Å². The standard InChI is InChI=1S/C29H34O5/c1-3-25-26(31-19-22-13-7-4-8-14-22)27(32-20-23-15-9-5-10-16-23)28(29(30-2)34-25)33-21-24-17-11-6-12-18-24/h4-18,25-29H,3,19-21H2,1-2H3/t25-,26+,27+,28-,29+/m1/s1. The van der Waals surface area contributed by atoms with Crippen LogP contribution in [0.2, 0.25) is 0 Å². The maximum absolute atomic E-state index is 6.53. The molecule has 5 nitrogen and oxygen atoms in total. The highest BCUT2D eigenvalue weighted by Crippen LogP contribution is 2.32. The zero-order valence-corrected chi connectivity index (χ0v) is 19.9. The van der Waals surface area contributed by atoms with Gasteiger partial charge < -0.3 is 23.7 Å². The van der Waals surface area contributed by atoms with E-state index in [1.54, 1.807) is 7.11 Å². The van der Waals surface area contributed by atoms with Gasteiger partial charge in [-0.25, -0.2) is 0 Å². The molecule has 5 atom stereocenters. The number of ether oxygens (including phenoxy) is 5. The van der Waals surface area contributed by atoms with Crippen LogP contribution >= 0.6 is 0 Å². The molecule has 0 N–H and O–H groups in total. The molecule has 1 fully saturated rings. The summed E-state index contributed by atoms with van der Waals surface area (Å²) < 4.78 is 31.4. The van der Waals surface area contributed by atoms with Crippen molar-refractivity contribution in [2.45, 2.75) is 63.9 Å². The molecule has 3 aromatic rings. The van der Waals surface area contributed by atoms with E-state index in [0.29, 0.717) is 19.8 Å². The van der Waals surface area contributed by atoms with E-state index in [9.17, 15) is 0 Å². The molecule has 5 heteroatoms. The van der Waals surface area contributed by atoms with E-state index in [1.165, 1.54) is 0 Å². The molecule has 0 radical (unpaired) electrons. The lowest BCUT2D eigenvalue weighted by molar-refractivity contribution is -0.318. The minimum absolute atomic E-state index is 0.175. The molecule has 0 aromatic heterocycles. The van der Waals surface area contributed by atoms with Crippen LogP contribution in [-0.4, -0.2) is 37.8 Å². The predicted octanol–water partition coefficient (Wildman–Crippen LogP) is 5.52. The normalized spacial score (nSPS) is 24.7. The van der Waals surface area contributed by atoms with E-state index >= 15 is 0 Å². The number of methoxy groups -OCH3 is 1. The Morgan fingerprint density at radius 3 is 1.41 bits per heavy atom. The fraction of sp³-hybridized carbons (Fsp3) is 0.379. The van der Waals surface area contributed by atoms with E-state index in [-0.39, 0.29) is 18.3 Å². The lowest BCUT2D eigenvalue weighted by atomic mass is 9.96. The minimum Gasteiger partial charge on any atom is -0.368 e. The maximum Gasteiger partial charge on any atom is 0.186 e. The lowest BCUT2D eigenvalue weighted by Crippen LogP contribution is -2.60. The highest BCUT2D eigenvalue weighted by Gasteiger charge is 2.48. The Kier molecular flexibility index (Phi) is 9.25. The van der Waals surface area contributed by atoms with E-state index in [0.717, 1.165) is 23.1 Å². The summed E-state index contributed by atoms with van der Waals surface area (Å²) in [6.45, 7) is 3.45. The van der Waals surface area contributed by atoms with Gasteiger partial charge in [-0.05, 0) is 23.1 Å². The summed E-state index contributed by atoms with van der Waals surface area (Å²) in [6.07, 6.45) is -1.07. The smallest absolute Gasteiger partial charge is 0.186 e. The van der Waals surface area contributed by atoms with Crippen LogP contribution in [0.15, 0.2) is 91.0 Å². The molecule has 1 heterocycles. The van der Waals surface area contributed by atoms with Gasteiger partial charge in [-0.3, -0.25) is 0 Å². The van der Waals surface area contributed by atoms with Gasteiger partial charge in [0.15, 0.2) is 6.29 Å². The maximum atomic E-state index is 6.53. The van der Waals surface area contributed by atoms with Crippen LogP contribution in [0.3, 0.4) is 0 Å². The molecule has 0 spiro atoms. The van der Waals surface area contributed by atoms with Gasteiger partial charge in [0.05, 0.1) is 25.9 Å². The molecule has 0 aliphatic carbocycles. The molecule has 0 bridgehead atoms. The molecule has 1 saturated heterocycles. The van der Waals surface area contributed by atoms with Crippen molar-refractivity contribution in [3.63, 3.8) is 0 Å². The highest BCUT2D eigenvalue weighted by molar-refractivity contribution is 5.15. The number of hydrogen-bond donors (Lipinski definition) is 0. The van der Waals surface area contributed by atoms with Gasteiger partial charge >= 0.3 is 0 Å². The van der Waals surface area contributed by atoms with Gasteiger partial charge in [-0.15, -0.1) is 0 Å². The van der Waals surface area contributed by atoms with Crippen LogP contribution in [0.1, 0.15) is 30.0 Å². The third-order valence-corrected chi connectivity index (χ3v) is 6.08. The topological polar surface area (TPSA) is 46.2 Å². The van der Waals surface area contributed by atoms with Crippen molar-refractivity contribution in [1.29, 1.82) is 0 Å². The molecule has 1 aliphatic heterocycles. The molecule has 1 aliphatic rings. The summed E-state index contributed by atoms with van der Waals surface area (Å²) in [5.41, 5.74) is 3.29. The Morgan fingerprint density at radius 2 is 1.00 bits per heavy atom. The summed E-state index contributed by atoms with van der Waals surface area (Å²) in [6, 6.07) is 30.4. The summed E-state index contributed by atoms with van der Waals surface area (Å²) in [4.78, 5) is 0. The van der Waals surface area contributed by atoms with Crippen LogP contribution < -0.4 is 0 Å². The molecule has 0 saturated carbocycles. The zero-order chi connectivity index (χ0) is 23.6. The van der Waals surface area contributed by atoms with Crippen molar-refractivity contribution in [3.05, 3.63) is 108 Å². The van der Waals surface area contributed by atoms with Crippen molar-refractivity contribution >= 4 is 0 Å². The Morgan fingerprint density at radius 1 is 0.588 bits per heavy atom. The average Bonchev–Trinajstić information content (AvgIpc) is 2.91. The first-order valence-electron chi connectivity index (χ1n) is 11.9. The van der Waals surface area contributed by atoms with Crippen LogP contribution in [0, 0.1) is 0 Å². The second-order valence-electron chi connectivity index (χ2n) is 8.47. The monoisotopic (exact) mass is 462 g/mol. The van der Waals surface area contributed by atoms with E-state index < -0.39 is 12.4 Å². The molecule has 0 amide bonds. The summed E-state index contributed by atoms with van der Waals surface area (Å²) in [5.74, 6) is 0. The number of benzene rings is 3. The first-order chi connectivity index (χ1) is 16.8. The highest BCUT2D eigenvalue weighted by atomic mass is 16.7. The first kappa shape index (κ1) is 24.6. The van der Waals surface area contributed by atoms with Crippen molar-refractivity contribution in [2.24, 2.45) is 0 Å². The largest absolute Gasteiger partial charge is 0.368 e. The second kappa shape index (κ2) is 12.8. The van der Waals surface area contributed by atoms with Crippen molar-refractivity contribution in [3.8, 4) is 0 Å². The average molecular weight is 463 g/mol. The fourth-order valence-corrected chi connectivity index (χ4v) is 4.26. The van der Waals surface area contributed by atoms with E-state index in [1.807, 2.05) is 66.7 Å². The van der Waals surface area contributed by atoms with E-state index in [2.05, 4.69) is 31.2 Å². The molecule has 0 unspecified atom stereocenters. The van der Waals surface area contributed by atoms with Crippen molar-refractivity contribution in [2.75, 3.05) is 7.11 Å². The Hall–Kier alpha value is -2.54. The molecule has 34 heavy (non-hydrogen) atoms. The molecule has 3 aromatic carbocycles. The van der Waals surface area contributed by atoms with Crippen LogP contribution in [0.25, 0.3) is 0 Å². The molecule has 180 valence electrons. The third-order valence-electron chi connectivity index (χ3n) is 6.08. The van der Waals surface area contributed by atoms with Crippen LogP contribution in [0.4, 0.5) is 0 Å².